The smallest absolute Gasteiger partial charge is 0.212 e. The highest BCUT2D eigenvalue weighted by Gasteiger charge is 2.24. The predicted molar refractivity (Wildman–Crippen MR) is 65.3 cm³/mol. The van der Waals surface area contributed by atoms with Gasteiger partial charge in [0.25, 0.3) is 0 Å². The van der Waals surface area contributed by atoms with Crippen LogP contribution in [0, 0.1) is 11.8 Å². The molecule has 0 bridgehead atoms. The number of pyridine rings is 1. The van der Waals surface area contributed by atoms with Gasteiger partial charge in [-0.15, -0.1) is 0 Å². The van der Waals surface area contributed by atoms with Crippen molar-refractivity contribution in [3.05, 3.63) is 59.4 Å². The van der Waals surface area contributed by atoms with E-state index in [1.807, 2.05) is 6.07 Å². The summed E-state index contributed by atoms with van der Waals surface area (Å²) in [4.78, 5) is 3.59. The van der Waals surface area contributed by atoms with Gasteiger partial charge in [-0.3, -0.25) is 0 Å². The molecule has 18 heavy (non-hydrogen) atoms. The summed E-state index contributed by atoms with van der Waals surface area (Å²) in [5.74, 6) is -0.646. The first-order chi connectivity index (χ1) is 8.74. The number of anilines is 1. The van der Waals surface area contributed by atoms with E-state index in [0.29, 0.717) is 0 Å². The number of halogens is 2. The maximum Gasteiger partial charge on any atom is 0.212 e. The molecule has 1 heterocycles. The maximum absolute atomic E-state index is 13.6. The van der Waals surface area contributed by atoms with E-state index in [-0.39, 0.29) is 11.9 Å². The Morgan fingerprint density at radius 3 is 2.83 bits per heavy atom. The molecule has 1 aromatic carbocycles. The van der Waals surface area contributed by atoms with Gasteiger partial charge in [0.05, 0.1) is 17.9 Å². The van der Waals surface area contributed by atoms with E-state index in [0.717, 1.165) is 29.7 Å². The lowest BCUT2D eigenvalue weighted by Crippen LogP contribution is -2.07. The molecule has 0 saturated heterocycles. The molecule has 0 amide bonds. The maximum atomic E-state index is 13.6. The van der Waals surface area contributed by atoms with Gasteiger partial charge in [0.1, 0.15) is 5.82 Å². The highest BCUT2D eigenvalue weighted by Crippen LogP contribution is 2.34. The third-order valence-electron chi connectivity index (χ3n) is 3.28. The van der Waals surface area contributed by atoms with Gasteiger partial charge in [-0.25, -0.2) is 9.37 Å². The zero-order valence-corrected chi connectivity index (χ0v) is 9.66. The second-order valence-corrected chi connectivity index (χ2v) is 4.41. The molecule has 1 unspecified atom stereocenters. The molecule has 0 spiro atoms. The molecule has 0 radical (unpaired) electrons. The minimum Gasteiger partial charge on any atom is -0.377 e. The third-order valence-corrected chi connectivity index (χ3v) is 3.28. The van der Waals surface area contributed by atoms with Gasteiger partial charge in [0.15, 0.2) is 0 Å². The molecular formula is C14H12F2N2. The minimum atomic E-state index is -0.501. The second kappa shape index (κ2) is 4.37. The quantitative estimate of drug-likeness (QED) is 0.821. The molecule has 1 aliphatic rings. The second-order valence-electron chi connectivity index (χ2n) is 4.41. The fourth-order valence-corrected chi connectivity index (χ4v) is 2.42. The Hall–Kier alpha value is -1.97. The standard InChI is InChI=1S/C14H12F2N2/c15-12-3-1-2-11-10(12)5-6-13(11)18-9-4-7-14(16)17-8-9/h1-4,7-8,13,18H,5-6H2. The molecule has 0 aliphatic heterocycles. The Morgan fingerprint density at radius 2 is 2.06 bits per heavy atom. The largest absolute Gasteiger partial charge is 0.377 e. The van der Waals surface area contributed by atoms with E-state index in [4.69, 9.17) is 0 Å². The molecule has 1 aliphatic carbocycles. The Balaban J connectivity index is 1.85. The molecule has 1 N–H and O–H groups in total. The fourth-order valence-electron chi connectivity index (χ4n) is 2.42. The molecule has 1 atom stereocenters. The van der Waals surface area contributed by atoms with Crippen LogP contribution < -0.4 is 5.32 Å². The number of nitrogens with one attached hydrogen (secondary N) is 1. The van der Waals surface area contributed by atoms with Crippen molar-refractivity contribution in [2.45, 2.75) is 18.9 Å². The summed E-state index contributed by atoms with van der Waals surface area (Å²) < 4.78 is 26.3. The summed E-state index contributed by atoms with van der Waals surface area (Å²) in [6.45, 7) is 0. The Labute approximate surface area is 104 Å². The van der Waals surface area contributed by atoms with Crippen molar-refractivity contribution >= 4 is 5.69 Å². The summed E-state index contributed by atoms with van der Waals surface area (Å²) in [6.07, 6.45) is 3.02. The number of fused-ring (bicyclic) bond motifs is 1. The third kappa shape index (κ3) is 1.94. The zero-order valence-electron chi connectivity index (χ0n) is 9.66. The van der Waals surface area contributed by atoms with Gasteiger partial charge in [-0.1, -0.05) is 12.1 Å². The van der Waals surface area contributed by atoms with Gasteiger partial charge in [-0.2, -0.15) is 4.39 Å². The number of hydrogen-bond donors (Lipinski definition) is 1. The van der Waals surface area contributed by atoms with Crippen molar-refractivity contribution in [2.24, 2.45) is 0 Å². The number of rotatable bonds is 2. The topological polar surface area (TPSA) is 24.9 Å². The molecule has 2 nitrogen and oxygen atoms in total. The van der Waals surface area contributed by atoms with Crippen molar-refractivity contribution in [3.8, 4) is 0 Å². The van der Waals surface area contributed by atoms with Crippen molar-refractivity contribution < 1.29 is 8.78 Å². The lowest BCUT2D eigenvalue weighted by molar-refractivity contribution is 0.583. The molecule has 2 aromatic rings. The van der Waals surface area contributed by atoms with Crippen LogP contribution in [0.1, 0.15) is 23.6 Å². The zero-order chi connectivity index (χ0) is 12.5. The summed E-state index contributed by atoms with van der Waals surface area (Å²) in [7, 11) is 0. The van der Waals surface area contributed by atoms with Crippen LogP contribution in [0.3, 0.4) is 0 Å². The highest BCUT2D eigenvalue weighted by atomic mass is 19.1. The van der Waals surface area contributed by atoms with Crippen LogP contribution in [0.5, 0.6) is 0 Å². The van der Waals surface area contributed by atoms with Crippen LogP contribution in [0.25, 0.3) is 0 Å². The van der Waals surface area contributed by atoms with E-state index in [2.05, 4.69) is 10.3 Å². The molecule has 0 fully saturated rings. The van der Waals surface area contributed by atoms with Crippen molar-refractivity contribution in [1.29, 1.82) is 0 Å². The lowest BCUT2D eigenvalue weighted by Gasteiger charge is -2.15. The first kappa shape index (κ1) is 11.1. The van der Waals surface area contributed by atoms with Gasteiger partial charge in [0, 0.05) is 0 Å². The highest BCUT2D eigenvalue weighted by molar-refractivity contribution is 5.46. The van der Waals surface area contributed by atoms with Crippen molar-refractivity contribution in [3.63, 3.8) is 0 Å². The number of aromatic nitrogens is 1. The lowest BCUT2D eigenvalue weighted by atomic mass is 10.1. The molecule has 4 heteroatoms. The SMILES string of the molecule is Fc1ccc(NC2CCc3c(F)cccc32)cn1. The van der Waals surface area contributed by atoms with Crippen LogP contribution in [-0.4, -0.2) is 4.98 Å². The van der Waals surface area contributed by atoms with Crippen LogP contribution in [-0.2, 0) is 6.42 Å². The van der Waals surface area contributed by atoms with E-state index < -0.39 is 5.95 Å². The Bertz CT molecular complexity index is 567. The minimum absolute atomic E-state index is 0.0722. The predicted octanol–water partition coefficient (Wildman–Crippen LogP) is 3.46. The normalized spacial score (nSPS) is 17.6. The van der Waals surface area contributed by atoms with E-state index in [1.54, 1.807) is 12.1 Å². The van der Waals surface area contributed by atoms with Crippen molar-refractivity contribution in [1.82, 2.24) is 4.98 Å². The summed E-state index contributed by atoms with van der Waals surface area (Å²) in [6, 6.07) is 8.16. The average molecular weight is 246 g/mol. The van der Waals surface area contributed by atoms with E-state index in [1.165, 1.54) is 18.3 Å². The molecule has 1 aromatic heterocycles. The van der Waals surface area contributed by atoms with Crippen LogP contribution in [0.2, 0.25) is 0 Å². The van der Waals surface area contributed by atoms with Gasteiger partial charge in [-0.05, 0) is 42.2 Å². The summed E-state index contributed by atoms with van der Waals surface area (Å²) in [5, 5.41) is 3.26. The van der Waals surface area contributed by atoms with Crippen LogP contribution >= 0.6 is 0 Å². The van der Waals surface area contributed by atoms with Crippen molar-refractivity contribution in [2.75, 3.05) is 5.32 Å². The number of nitrogens with zero attached hydrogens (tertiary/aromatic N) is 1. The van der Waals surface area contributed by atoms with E-state index >= 15 is 0 Å². The molecule has 3 rings (SSSR count). The Morgan fingerprint density at radius 1 is 1.17 bits per heavy atom. The first-order valence-corrected chi connectivity index (χ1v) is 5.89. The van der Waals surface area contributed by atoms with Gasteiger partial charge >= 0.3 is 0 Å². The van der Waals surface area contributed by atoms with E-state index in [9.17, 15) is 8.78 Å². The first-order valence-electron chi connectivity index (χ1n) is 5.89. The van der Waals surface area contributed by atoms with Crippen LogP contribution in [0.15, 0.2) is 36.5 Å². The molecule has 92 valence electrons. The number of hydrogen-bond acceptors (Lipinski definition) is 2. The van der Waals surface area contributed by atoms with Gasteiger partial charge < -0.3 is 5.32 Å². The monoisotopic (exact) mass is 246 g/mol. The fraction of sp³-hybridized carbons (Fsp3) is 0.214. The summed E-state index contributed by atoms with van der Waals surface area (Å²) in [5.41, 5.74) is 2.52. The van der Waals surface area contributed by atoms with Gasteiger partial charge in [0.2, 0.25) is 5.95 Å². The average Bonchev–Trinajstić information content (AvgIpc) is 2.77. The Kier molecular flexibility index (Phi) is 2.70. The number of benzene rings is 1. The van der Waals surface area contributed by atoms with Crippen LogP contribution in [0.4, 0.5) is 14.5 Å². The molecule has 0 saturated carbocycles. The molecular weight excluding hydrogens is 234 g/mol. The summed E-state index contributed by atoms with van der Waals surface area (Å²) >= 11 is 0.